The van der Waals surface area contributed by atoms with Gasteiger partial charge in [-0.1, -0.05) is 26.0 Å². The minimum absolute atomic E-state index is 0.134. The molecule has 1 saturated heterocycles. The number of anilines is 1. The minimum Gasteiger partial charge on any atom is -0.354 e. The zero-order valence-corrected chi connectivity index (χ0v) is 20.2. The van der Waals surface area contributed by atoms with E-state index in [2.05, 4.69) is 27.1 Å². The second-order valence-corrected chi connectivity index (χ2v) is 10.0. The van der Waals surface area contributed by atoms with E-state index in [1.54, 1.807) is 39.1 Å². The van der Waals surface area contributed by atoms with Crippen LogP contribution in [0.1, 0.15) is 35.3 Å². The van der Waals surface area contributed by atoms with Crippen molar-refractivity contribution in [3.05, 3.63) is 53.2 Å². The number of aromatic nitrogens is 1. The molecule has 0 bridgehead atoms. The smallest absolute Gasteiger partial charge is 0.251 e. The lowest BCUT2D eigenvalue weighted by Gasteiger charge is -2.33. The third-order valence-electron chi connectivity index (χ3n) is 5.89. The lowest BCUT2D eigenvalue weighted by Crippen LogP contribution is -2.44. The fourth-order valence-corrected chi connectivity index (χ4v) is 5.22. The first-order valence-corrected chi connectivity index (χ1v) is 12.5. The number of likely N-dealkylation sites (N-methyl/N-ethyl adjacent to an activating group) is 1. The molecule has 1 aromatic carbocycles. The Morgan fingerprint density at radius 1 is 1.09 bits per heavy atom. The molecule has 3 rings (SSSR count). The molecule has 174 valence electrons. The highest BCUT2D eigenvalue weighted by Gasteiger charge is 2.23. The van der Waals surface area contributed by atoms with Crippen molar-refractivity contribution in [3.8, 4) is 0 Å². The second-order valence-electron chi connectivity index (χ2n) is 8.06. The van der Waals surface area contributed by atoms with E-state index >= 15 is 0 Å². The Bertz CT molecular complexity index is 1030. The number of hydrogen-bond acceptors (Lipinski definition) is 6. The number of nitrogens with zero attached hydrogens (tertiary/aromatic N) is 4. The van der Waals surface area contributed by atoms with E-state index < -0.39 is 10.0 Å². The standard InChI is InChI=1S/C23H33N5O3S/c1-5-28(6-2)32(30,31)20-9-7-18(3)21(15-20)23(29)25-17-19-8-10-22(24-16-19)27-13-11-26(4)12-14-27/h7-10,15-16H,5-6,11-14,17H2,1-4H3,(H,25,29). The van der Waals surface area contributed by atoms with Crippen LogP contribution in [-0.2, 0) is 16.6 Å². The van der Waals surface area contributed by atoms with Crippen molar-refractivity contribution in [2.24, 2.45) is 0 Å². The molecule has 0 atom stereocenters. The maximum absolute atomic E-state index is 12.8. The number of aryl methyl sites for hydroxylation is 1. The number of carbonyl (C=O) groups is 1. The first kappa shape index (κ1) is 24.2. The van der Waals surface area contributed by atoms with Gasteiger partial charge in [0, 0.05) is 57.6 Å². The number of nitrogens with one attached hydrogen (secondary N) is 1. The van der Waals surface area contributed by atoms with E-state index in [4.69, 9.17) is 0 Å². The monoisotopic (exact) mass is 459 g/mol. The van der Waals surface area contributed by atoms with Crippen LogP contribution in [0.15, 0.2) is 41.4 Å². The summed E-state index contributed by atoms with van der Waals surface area (Å²) in [6.45, 7) is 10.4. The topological polar surface area (TPSA) is 85.8 Å². The highest BCUT2D eigenvalue weighted by atomic mass is 32.2. The Kier molecular flexibility index (Phi) is 7.86. The molecule has 1 amide bonds. The summed E-state index contributed by atoms with van der Waals surface area (Å²) in [4.78, 5) is 22.1. The molecule has 32 heavy (non-hydrogen) atoms. The minimum atomic E-state index is -3.62. The number of hydrogen-bond donors (Lipinski definition) is 1. The molecule has 1 aliphatic heterocycles. The fourth-order valence-electron chi connectivity index (χ4n) is 3.74. The van der Waals surface area contributed by atoms with Gasteiger partial charge in [-0.25, -0.2) is 13.4 Å². The second kappa shape index (κ2) is 10.4. The predicted molar refractivity (Wildman–Crippen MR) is 126 cm³/mol. The van der Waals surface area contributed by atoms with Gasteiger partial charge in [0.15, 0.2) is 0 Å². The van der Waals surface area contributed by atoms with Crippen LogP contribution in [0.3, 0.4) is 0 Å². The third kappa shape index (κ3) is 5.46. The van der Waals surface area contributed by atoms with Gasteiger partial charge in [-0.05, 0) is 43.3 Å². The molecule has 1 N–H and O–H groups in total. The van der Waals surface area contributed by atoms with Gasteiger partial charge in [-0.2, -0.15) is 4.31 Å². The lowest BCUT2D eigenvalue weighted by atomic mass is 10.1. The summed E-state index contributed by atoms with van der Waals surface area (Å²) in [5.74, 6) is 0.639. The quantitative estimate of drug-likeness (QED) is 0.651. The van der Waals surface area contributed by atoms with Gasteiger partial charge < -0.3 is 15.1 Å². The first-order chi connectivity index (χ1) is 15.3. The molecule has 0 radical (unpaired) electrons. The van der Waals surface area contributed by atoms with Crippen LogP contribution < -0.4 is 10.2 Å². The molecule has 0 aliphatic carbocycles. The van der Waals surface area contributed by atoms with Crippen molar-refractivity contribution < 1.29 is 13.2 Å². The number of piperazine rings is 1. The summed E-state index contributed by atoms with van der Waals surface area (Å²) in [6.07, 6.45) is 1.78. The summed E-state index contributed by atoms with van der Waals surface area (Å²) < 4.78 is 27.0. The molecular weight excluding hydrogens is 426 g/mol. The number of sulfonamides is 1. The molecule has 1 aliphatic rings. The summed E-state index contributed by atoms with van der Waals surface area (Å²) in [6, 6.07) is 8.65. The highest BCUT2D eigenvalue weighted by Crippen LogP contribution is 2.20. The van der Waals surface area contributed by atoms with Gasteiger partial charge >= 0.3 is 0 Å². The van der Waals surface area contributed by atoms with Crippen molar-refractivity contribution in [1.82, 2.24) is 19.5 Å². The zero-order valence-electron chi connectivity index (χ0n) is 19.3. The summed E-state index contributed by atoms with van der Waals surface area (Å²) in [7, 11) is -1.51. The van der Waals surface area contributed by atoms with Crippen LogP contribution in [0.25, 0.3) is 0 Å². The van der Waals surface area contributed by atoms with Crippen LogP contribution >= 0.6 is 0 Å². The number of benzene rings is 1. The molecular formula is C23H33N5O3S. The largest absolute Gasteiger partial charge is 0.354 e. The molecule has 8 nitrogen and oxygen atoms in total. The third-order valence-corrected chi connectivity index (χ3v) is 7.93. The van der Waals surface area contributed by atoms with Gasteiger partial charge in [0.05, 0.1) is 4.90 Å². The summed E-state index contributed by atoms with van der Waals surface area (Å²) >= 11 is 0. The normalized spacial score (nSPS) is 15.2. The van der Waals surface area contributed by atoms with E-state index in [-0.39, 0.29) is 10.8 Å². The van der Waals surface area contributed by atoms with E-state index in [0.717, 1.165) is 43.1 Å². The molecule has 1 fully saturated rings. The average Bonchev–Trinajstić information content (AvgIpc) is 2.79. The van der Waals surface area contributed by atoms with Crippen molar-refractivity contribution in [2.45, 2.75) is 32.2 Å². The SMILES string of the molecule is CCN(CC)S(=O)(=O)c1ccc(C)c(C(=O)NCc2ccc(N3CCN(C)CC3)nc2)c1. The van der Waals surface area contributed by atoms with Crippen LogP contribution in [-0.4, -0.2) is 74.8 Å². The van der Waals surface area contributed by atoms with E-state index in [1.807, 2.05) is 12.1 Å². The molecule has 0 saturated carbocycles. The Morgan fingerprint density at radius 3 is 2.38 bits per heavy atom. The Labute approximate surface area is 191 Å². The van der Waals surface area contributed by atoms with Crippen molar-refractivity contribution >= 4 is 21.7 Å². The summed E-state index contributed by atoms with van der Waals surface area (Å²) in [5.41, 5.74) is 1.98. The van der Waals surface area contributed by atoms with Gasteiger partial charge in [0.25, 0.3) is 5.91 Å². The van der Waals surface area contributed by atoms with Gasteiger partial charge in [0.2, 0.25) is 10.0 Å². The van der Waals surface area contributed by atoms with Gasteiger partial charge in [0.1, 0.15) is 5.82 Å². The number of pyridine rings is 1. The molecule has 0 unspecified atom stereocenters. The van der Waals surface area contributed by atoms with Gasteiger partial charge in [-0.3, -0.25) is 4.79 Å². The Hall–Kier alpha value is -2.49. The maximum Gasteiger partial charge on any atom is 0.251 e. The zero-order chi connectivity index (χ0) is 23.3. The lowest BCUT2D eigenvalue weighted by molar-refractivity contribution is 0.0950. The van der Waals surface area contributed by atoms with Crippen molar-refractivity contribution in [1.29, 1.82) is 0 Å². The van der Waals surface area contributed by atoms with Crippen LogP contribution in [0.2, 0.25) is 0 Å². The molecule has 2 heterocycles. The highest BCUT2D eigenvalue weighted by molar-refractivity contribution is 7.89. The van der Waals surface area contributed by atoms with E-state index in [1.165, 1.54) is 10.4 Å². The Balaban J connectivity index is 1.67. The maximum atomic E-state index is 12.8. The summed E-state index contributed by atoms with van der Waals surface area (Å²) in [5, 5.41) is 2.89. The van der Waals surface area contributed by atoms with Crippen LogP contribution in [0.4, 0.5) is 5.82 Å². The average molecular weight is 460 g/mol. The molecule has 9 heteroatoms. The number of carbonyl (C=O) groups excluding carboxylic acids is 1. The predicted octanol–water partition coefficient (Wildman–Crippen LogP) is 2.10. The van der Waals surface area contributed by atoms with Gasteiger partial charge in [-0.15, -0.1) is 0 Å². The fraction of sp³-hybridized carbons (Fsp3) is 0.478. The van der Waals surface area contributed by atoms with Crippen LogP contribution in [0, 0.1) is 6.92 Å². The number of rotatable bonds is 8. The van der Waals surface area contributed by atoms with E-state index in [0.29, 0.717) is 25.2 Å². The van der Waals surface area contributed by atoms with Crippen molar-refractivity contribution in [3.63, 3.8) is 0 Å². The van der Waals surface area contributed by atoms with E-state index in [9.17, 15) is 13.2 Å². The molecule has 2 aromatic rings. The molecule has 0 spiro atoms. The Morgan fingerprint density at radius 2 is 1.78 bits per heavy atom. The molecule has 1 aromatic heterocycles. The number of amides is 1. The first-order valence-electron chi connectivity index (χ1n) is 11.0. The van der Waals surface area contributed by atoms with Crippen LogP contribution in [0.5, 0.6) is 0 Å². The van der Waals surface area contributed by atoms with Crippen molar-refractivity contribution in [2.75, 3.05) is 51.2 Å².